The van der Waals surface area contributed by atoms with E-state index in [1.54, 1.807) is 17.0 Å². The van der Waals surface area contributed by atoms with Gasteiger partial charge in [0.05, 0.1) is 0 Å². The van der Waals surface area contributed by atoms with Crippen LogP contribution in [0.5, 0.6) is 0 Å². The summed E-state index contributed by atoms with van der Waals surface area (Å²) in [5.41, 5.74) is 1.27. The second-order valence-electron chi connectivity index (χ2n) is 7.32. The topological polar surface area (TPSA) is 32.7 Å². The average molecular weight is 415 g/mol. The number of carbonyl (C=O) groups is 1. The van der Waals surface area contributed by atoms with Crippen molar-refractivity contribution in [1.29, 1.82) is 0 Å². The van der Waals surface area contributed by atoms with Gasteiger partial charge in [0, 0.05) is 16.1 Å². The lowest BCUT2D eigenvalue weighted by Crippen LogP contribution is -2.49. The summed E-state index contributed by atoms with van der Waals surface area (Å²) in [6.07, 6.45) is 5.78. The van der Waals surface area contributed by atoms with Gasteiger partial charge in [-0.05, 0) is 62.1 Å². The number of hydrogen-bond donors (Lipinski definition) is 0. The maximum absolute atomic E-state index is 13.4. The smallest absolute Gasteiger partial charge is 0.260 e. The van der Waals surface area contributed by atoms with Crippen molar-refractivity contribution in [3.63, 3.8) is 0 Å². The molecule has 3 nitrogen and oxygen atoms in total. The number of aliphatic imine (C=N–C) groups is 1. The van der Waals surface area contributed by atoms with E-state index in [2.05, 4.69) is 0 Å². The minimum absolute atomic E-state index is 0.223. The molecular weight excluding hydrogens is 395 g/mol. The van der Waals surface area contributed by atoms with Gasteiger partial charge in [0.2, 0.25) is 0 Å². The Morgan fingerprint density at radius 1 is 1.00 bits per heavy atom. The van der Waals surface area contributed by atoms with Crippen LogP contribution in [0.25, 0.3) is 0 Å². The third-order valence-electron chi connectivity index (χ3n) is 5.46. The Morgan fingerprint density at radius 3 is 2.21 bits per heavy atom. The average Bonchev–Trinajstić information content (AvgIpc) is 2.83. The number of rotatable bonds is 2. The normalized spacial score (nSPS) is 18.9. The summed E-state index contributed by atoms with van der Waals surface area (Å²) in [4.78, 5) is 20.5. The minimum Gasteiger partial charge on any atom is -0.271 e. The predicted molar refractivity (Wildman–Crippen MR) is 114 cm³/mol. The third kappa shape index (κ3) is 3.49. The fraction of sp³-hybridized carbons (Fsp3) is 0.318. The zero-order valence-corrected chi connectivity index (χ0v) is 16.9. The molecule has 1 aliphatic carbocycles. The summed E-state index contributed by atoms with van der Waals surface area (Å²) in [5, 5.41) is 0.636. The number of benzene rings is 2. The van der Waals surface area contributed by atoms with E-state index in [0.717, 1.165) is 44.1 Å². The Bertz CT molecular complexity index is 932. The summed E-state index contributed by atoms with van der Waals surface area (Å²) in [6, 6.07) is 13.0. The Labute approximate surface area is 174 Å². The van der Waals surface area contributed by atoms with Gasteiger partial charge in [-0.15, -0.1) is 0 Å². The number of halogens is 2. The van der Waals surface area contributed by atoms with Crippen LogP contribution < -0.4 is 0 Å². The standard InChI is InChI=1S/C22H20ClFN2OS/c23-17-9-5-15(6-10-17)19-21(28)26(20(27)16-7-11-18(24)12-8-16)22(25-19)13-3-1-2-4-14-22/h5-12H,1-4,13-14H2. The van der Waals surface area contributed by atoms with Gasteiger partial charge < -0.3 is 0 Å². The van der Waals surface area contributed by atoms with Gasteiger partial charge >= 0.3 is 0 Å². The zero-order chi connectivity index (χ0) is 19.7. The van der Waals surface area contributed by atoms with Gasteiger partial charge in [-0.1, -0.05) is 48.8 Å². The second kappa shape index (κ2) is 7.72. The van der Waals surface area contributed by atoms with Crippen LogP contribution >= 0.6 is 23.8 Å². The van der Waals surface area contributed by atoms with Crippen LogP contribution in [0.4, 0.5) is 4.39 Å². The van der Waals surface area contributed by atoms with E-state index in [1.807, 2.05) is 12.1 Å². The van der Waals surface area contributed by atoms with E-state index in [0.29, 0.717) is 21.3 Å². The Morgan fingerprint density at radius 2 is 1.61 bits per heavy atom. The van der Waals surface area contributed by atoms with Crippen molar-refractivity contribution < 1.29 is 9.18 Å². The molecule has 1 amide bonds. The molecule has 1 saturated carbocycles. The largest absolute Gasteiger partial charge is 0.271 e. The SMILES string of the molecule is O=C(c1ccc(F)cc1)N1C(=S)C(c2ccc(Cl)cc2)=NC12CCCCCC2. The van der Waals surface area contributed by atoms with Crippen molar-refractivity contribution in [2.24, 2.45) is 4.99 Å². The highest BCUT2D eigenvalue weighted by Crippen LogP contribution is 2.40. The molecule has 0 radical (unpaired) electrons. The van der Waals surface area contributed by atoms with Crippen LogP contribution in [0.3, 0.4) is 0 Å². The predicted octanol–water partition coefficient (Wildman–Crippen LogP) is 5.80. The second-order valence-corrected chi connectivity index (χ2v) is 8.14. The van der Waals surface area contributed by atoms with Crippen LogP contribution in [0, 0.1) is 5.82 Å². The first-order valence-corrected chi connectivity index (χ1v) is 10.3. The maximum Gasteiger partial charge on any atom is 0.260 e. The van der Waals surface area contributed by atoms with E-state index >= 15 is 0 Å². The molecule has 1 heterocycles. The molecule has 0 N–H and O–H groups in total. The summed E-state index contributed by atoms with van der Waals surface area (Å²) >= 11 is 11.8. The van der Waals surface area contributed by atoms with Crippen molar-refractivity contribution in [2.45, 2.75) is 44.2 Å². The van der Waals surface area contributed by atoms with Gasteiger partial charge in [-0.3, -0.25) is 14.7 Å². The van der Waals surface area contributed by atoms with Gasteiger partial charge in [0.25, 0.3) is 5.91 Å². The molecule has 0 bridgehead atoms. The molecule has 1 fully saturated rings. The molecule has 2 aromatic rings. The third-order valence-corrected chi connectivity index (χ3v) is 6.09. The summed E-state index contributed by atoms with van der Waals surface area (Å²) in [5.74, 6) is -0.595. The summed E-state index contributed by atoms with van der Waals surface area (Å²) in [7, 11) is 0. The highest BCUT2D eigenvalue weighted by molar-refractivity contribution is 7.82. The van der Waals surface area contributed by atoms with Crippen LogP contribution in [-0.4, -0.2) is 27.2 Å². The molecule has 0 saturated heterocycles. The molecule has 1 aliphatic heterocycles. The molecule has 4 rings (SSSR count). The zero-order valence-electron chi connectivity index (χ0n) is 15.3. The lowest BCUT2D eigenvalue weighted by Gasteiger charge is -2.35. The molecule has 2 aliphatic rings. The summed E-state index contributed by atoms with van der Waals surface area (Å²) in [6.45, 7) is 0. The Hall–Kier alpha value is -2.11. The molecule has 0 aromatic heterocycles. The Balaban J connectivity index is 1.77. The molecule has 0 atom stereocenters. The molecule has 1 spiro atoms. The quantitative estimate of drug-likeness (QED) is 0.581. The van der Waals surface area contributed by atoms with Crippen molar-refractivity contribution in [3.05, 3.63) is 70.5 Å². The van der Waals surface area contributed by atoms with Gasteiger partial charge in [-0.25, -0.2) is 4.39 Å². The number of hydrogen-bond acceptors (Lipinski definition) is 3. The fourth-order valence-electron chi connectivity index (χ4n) is 4.03. The van der Waals surface area contributed by atoms with Crippen molar-refractivity contribution >= 4 is 40.4 Å². The van der Waals surface area contributed by atoms with E-state index in [1.165, 1.54) is 24.3 Å². The first kappa shape index (κ1) is 19.2. The number of amides is 1. The molecule has 2 aromatic carbocycles. The van der Waals surface area contributed by atoms with E-state index < -0.39 is 5.66 Å². The van der Waals surface area contributed by atoms with Crippen molar-refractivity contribution in [1.82, 2.24) is 4.90 Å². The molecular formula is C22H20ClFN2OS. The lowest BCUT2D eigenvalue weighted by atomic mass is 9.99. The number of nitrogens with zero attached hydrogens (tertiary/aromatic N) is 2. The van der Waals surface area contributed by atoms with Crippen LogP contribution in [0.1, 0.15) is 54.4 Å². The van der Waals surface area contributed by atoms with E-state index in [-0.39, 0.29) is 11.7 Å². The van der Waals surface area contributed by atoms with Crippen LogP contribution in [0.2, 0.25) is 5.02 Å². The number of carbonyl (C=O) groups excluding carboxylic acids is 1. The fourth-order valence-corrected chi connectivity index (χ4v) is 4.57. The van der Waals surface area contributed by atoms with Gasteiger partial charge in [0.15, 0.2) is 0 Å². The van der Waals surface area contributed by atoms with Crippen molar-refractivity contribution in [3.8, 4) is 0 Å². The minimum atomic E-state index is -0.659. The molecule has 6 heteroatoms. The highest BCUT2D eigenvalue weighted by Gasteiger charge is 2.48. The molecule has 28 heavy (non-hydrogen) atoms. The van der Waals surface area contributed by atoms with Crippen LogP contribution in [-0.2, 0) is 0 Å². The van der Waals surface area contributed by atoms with Crippen molar-refractivity contribution in [2.75, 3.05) is 0 Å². The summed E-state index contributed by atoms with van der Waals surface area (Å²) < 4.78 is 13.3. The van der Waals surface area contributed by atoms with E-state index in [4.69, 9.17) is 28.8 Å². The van der Waals surface area contributed by atoms with E-state index in [9.17, 15) is 9.18 Å². The lowest BCUT2D eigenvalue weighted by molar-refractivity contribution is 0.0692. The van der Waals surface area contributed by atoms with Gasteiger partial charge in [0.1, 0.15) is 22.2 Å². The highest BCUT2D eigenvalue weighted by atomic mass is 35.5. The first-order valence-electron chi connectivity index (χ1n) is 9.50. The Kier molecular flexibility index (Phi) is 5.30. The molecule has 144 valence electrons. The first-order chi connectivity index (χ1) is 13.5. The molecule has 0 unspecified atom stereocenters. The maximum atomic E-state index is 13.4. The monoisotopic (exact) mass is 414 g/mol. The van der Waals surface area contributed by atoms with Crippen LogP contribution in [0.15, 0.2) is 53.5 Å². The van der Waals surface area contributed by atoms with Gasteiger partial charge in [-0.2, -0.15) is 0 Å². The number of thiocarbonyl (C=S) groups is 1.